The van der Waals surface area contributed by atoms with E-state index < -0.39 is 0 Å². The normalized spacial score (nSPS) is 11.4. The molecule has 0 saturated carbocycles. The number of benzene rings is 7. The van der Waals surface area contributed by atoms with E-state index >= 15 is 0 Å². The van der Waals surface area contributed by atoms with E-state index in [-0.39, 0.29) is 77.0 Å². The van der Waals surface area contributed by atoms with Crippen molar-refractivity contribution < 1.29 is 0 Å². The molecule has 0 aliphatic heterocycles. The summed E-state index contributed by atoms with van der Waals surface area (Å²) in [5.74, 6) is 0.882. The molecule has 0 fully saturated rings. The zero-order valence-corrected chi connectivity index (χ0v) is 32.8. The highest BCUT2D eigenvalue weighted by atomic mass is 32.1. The van der Waals surface area contributed by atoms with E-state index in [1.807, 2.05) is 72.8 Å². The monoisotopic (exact) mass is 753 g/mol. The molecule has 15 heteroatoms. The first kappa shape index (κ1) is 39.9. The molecule has 0 bridgehead atoms. The van der Waals surface area contributed by atoms with Crippen LogP contribution in [0.1, 0.15) is 0 Å². The van der Waals surface area contributed by atoms with Crippen LogP contribution in [-0.4, -0.2) is 101 Å². The van der Waals surface area contributed by atoms with Gasteiger partial charge in [-0.05, 0) is 44.2 Å². The molecule has 9 aromatic rings. The van der Waals surface area contributed by atoms with Crippen molar-refractivity contribution in [2.24, 2.45) is 0 Å². The Bertz CT molecular complexity index is 3200. The first-order valence-corrected chi connectivity index (χ1v) is 19.5. The largest absolute Gasteiger partial charge is 0.208 e. The minimum Gasteiger partial charge on any atom is -0.208 e. The van der Waals surface area contributed by atoms with Crippen LogP contribution in [0.25, 0.3) is 87.7 Å². The van der Waals surface area contributed by atoms with Gasteiger partial charge in [-0.1, -0.05) is 147 Å². The van der Waals surface area contributed by atoms with Gasteiger partial charge in [-0.15, -0.1) is 33.2 Å². The minimum atomic E-state index is 0.0247. The zero-order chi connectivity index (χ0) is 42.1. The summed E-state index contributed by atoms with van der Waals surface area (Å²) in [5.41, 5.74) is 7.78. The van der Waals surface area contributed by atoms with Crippen LogP contribution in [0.2, 0.25) is 0 Å². The summed E-state index contributed by atoms with van der Waals surface area (Å²) in [7, 11) is 73.1. The van der Waals surface area contributed by atoms with Crippen molar-refractivity contribution in [2.75, 3.05) is 0 Å². The van der Waals surface area contributed by atoms with Crippen LogP contribution in [-0.2, 0) is 0 Å². The van der Waals surface area contributed by atoms with Gasteiger partial charge in [0, 0.05) is 26.1 Å². The maximum absolute atomic E-state index is 7.15. The van der Waals surface area contributed by atoms with Crippen molar-refractivity contribution in [2.45, 2.75) is 0 Å². The second-order valence-corrected chi connectivity index (χ2v) is 15.4. The fraction of sp³-hybridized carbons (Fsp3) is 0. The SMILES string of the molecule is [B]c1c([B])c(-c2nc(-c3ccccc3)nc(-c3ccc(-c4ccc(-c5ccccc5)cc4)cc3)n2)c([B])c(-c2c([B])c([B])c([B])c3c2sc2c([B])c([B])c([B])c([B])c23)c1[B]. The maximum atomic E-state index is 7.15. The standard InChI is InChI=1S/C45H18B11N3S/c46-30-25(26-32(48)37(53)33(49)27-28-34(50)38(54)39(55)40(56)42(28)60-41(26)27)31(47)36(52)35(51)29(30)45-58-43(23-9-5-2-6-10-23)57-44(59-45)24-17-15-22(16-18-24)21-13-11-20(12-14-21)19-7-3-1-4-8-19/h1-18H. The Hall–Kier alpha value is -5.52. The summed E-state index contributed by atoms with van der Waals surface area (Å²) < 4.78 is 1.04. The molecule has 0 aliphatic carbocycles. The molecule has 9 rings (SSSR count). The van der Waals surface area contributed by atoms with Gasteiger partial charge in [0.2, 0.25) is 0 Å². The highest BCUT2D eigenvalue weighted by molar-refractivity contribution is 7.28. The van der Waals surface area contributed by atoms with Crippen LogP contribution in [0.3, 0.4) is 0 Å². The average molecular weight is 752 g/mol. The van der Waals surface area contributed by atoms with E-state index in [0.717, 1.165) is 33.4 Å². The van der Waals surface area contributed by atoms with E-state index in [1.54, 1.807) is 0 Å². The van der Waals surface area contributed by atoms with Gasteiger partial charge >= 0.3 is 0 Å². The number of nitrogens with zero attached hydrogens (tertiary/aromatic N) is 3. The Labute approximate surface area is 367 Å². The second kappa shape index (κ2) is 15.5. The smallest absolute Gasteiger partial charge is 0.164 e. The van der Waals surface area contributed by atoms with Crippen molar-refractivity contribution in [3.63, 3.8) is 0 Å². The van der Waals surface area contributed by atoms with Gasteiger partial charge in [0.1, 0.15) is 86.3 Å². The van der Waals surface area contributed by atoms with Crippen LogP contribution in [0, 0.1) is 0 Å². The lowest BCUT2D eigenvalue weighted by Gasteiger charge is -2.25. The van der Waals surface area contributed by atoms with Gasteiger partial charge in [0.15, 0.2) is 17.5 Å². The Balaban J connectivity index is 1.23. The van der Waals surface area contributed by atoms with Gasteiger partial charge in [-0.3, -0.25) is 0 Å². The molecule has 0 spiro atoms. The van der Waals surface area contributed by atoms with Gasteiger partial charge in [0.05, 0.1) is 0 Å². The number of hydrogen-bond acceptors (Lipinski definition) is 4. The van der Waals surface area contributed by atoms with Crippen LogP contribution in [0.5, 0.6) is 0 Å². The first-order valence-electron chi connectivity index (χ1n) is 18.6. The molecule has 0 atom stereocenters. The molecule has 2 aromatic heterocycles. The number of hydrogen-bond donors (Lipinski definition) is 0. The van der Waals surface area contributed by atoms with Crippen molar-refractivity contribution in [1.82, 2.24) is 15.0 Å². The molecule has 252 valence electrons. The topological polar surface area (TPSA) is 38.7 Å². The molecule has 0 saturated heterocycles. The Morgan fingerprint density at radius 3 is 1.15 bits per heavy atom. The number of thiophene rings is 1. The predicted octanol–water partition coefficient (Wildman–Crippen LogP) is -1.03. The van der Waals surface area contributed by atoms with Crippen molar-refractivity contribution in [3.8, 4) is 67.5 Å². The maximum Gasteiger partial charge on any atom is 0.164 e. The Kier molecular flexibility index (Phi) is 10.3. The molecule has 0 aliphatic rings. The molecular weight excluding hydrogens is 734 g/mol. The third-order valence-electron chi connectivity index (χ3n) is 10.9. The highest BCUT2D eigenvalue weighted by Gasteiger charge is 2.26. The lowest BCUT2D eigenvalue weighted by atomic mass is 9.60. The van der Waals surface area contributed by atoms with Crippen LogP contribution >= 0.6 is 11.3 Å². The average Bonchev–Trinajstić information content (AvgIpc) is 3.69. The van der Waals surface area contributed by atoms with Gasteiger partial charge < -0.3 is 0 Å². The van der Waals surface area contributed by atoms with E-state index in [0.29, 0.717) is 37.4 Å². The molecule has 0 unspecified atom stereocenters. The summed E-state index contributed by atoms with van der Waals surface area (Å²) >= 11 is 1.23. The van der Waals surface area contributed by atoms with Crippen molar-refractivity contribution >= 4 is 178 Å². The molecule has 60 heavy (non-hydrogen) atoms. The second-order valence-electron chi connectivity index (χ2n) is 14.4. The van der Waals surface area contributed by atoms with Gasteiger partial charge in [-0.2, -0.15) is 0 Å². The molecule has 0 N–H and O–H groups in total. The summed E-state index contributed by atoms with van der Waals surface area (Å²) in [5, 5.41) is 0.919. The molecule has 3 nitrogen and oxygen atoms in total. The Morgan fingerprint density at radius 1 is 0.267 bits per heavy atom. The van der Waals surface area contributed by atoms with Crippen LogP contribution in [0.15, 0.2) is 109 Å². The number of fused-ring (bicyclic) bond motifs is 3. The lowest BCUT2D eigenvalue weighted by Crippen LogP contribution is -2.48. The van der Waals surface area contributed by atoms with Crippen LogP contribution < -0.4 is 60.1 Å². The minimum absolute atomic E-state index is 0.0247. The van der Waals surface area contributed by atoms with Gasteiger partial charge in [-0.25, -0.2) is 15.0 Å². The summed E-state index contributed by atoms with van der Waals surface area (Å²) in [6.07, 6.45) is 0. The fourth-order valence-corrected chi connectivity index (χ4v) is 8.98. The summed E-state index contributed by atoms with van der Waals surface area (Å²) in [6.45, 7) is 0. The van der Waals surface area contributed by atoms with Crippen LogP contribution in [0.4, 0.5) is 0 Å². The molecule has 0 amide bonds. The summed E-state index contributed by atoms with van der Waals surface area (Å²) in [4.78, 5) is 14.8. The van der Waals surface area contributed by atoms with Gasteiger partial charge in [0.25, 0.3) is 0 Å². The molecule has 7 aromatic carbocycles. The Morgan fingerprint density at radius 2 is 0.617 bits per heavy atom. The third-order valence-corrected chi connectivity index (χ3v) is 12.1. The van der Waals surface area contributed by atoms with E-state index in [1.165, 1.54) is 11.3 Å². The molecular formula is C45H18B11N3S. The fourth-order valence-electron chi connectivity index (χ4n) is 7.61. The highest BCUT2D eigenvalue weighted by Crippen LogP contribution is 2.36. The van der Waals surface area contributed by atoms with Crippen molar-refractivity contribution in [1.29, 1.82) is 0 Å². The van der Waals surface area contributed by atoms with E-state index in [9.17, 15) is 0 Å². The quantitative estimate of drug-likeness (QED) is 0.205. The number of rotatable bonds is 6. The van der Waals surface area contributed by atoms with E-state index in [2.05, 4.69) is 36.4 Å². The third kappa shape index (κ3) is 6.48. The zero-order valence-electron chi connectivity index (χ0n) is 32.0. The number of aromatic nitrogens is 3. The first-order chi connectivity index (χ1) is 28.8. The molecule has 2 heterocycles. The van der Waals surface area contributed by atoms with Crippen molar-refractivity contribution in [3.05, 3.63) is 109 Å². The predicted molar refractivity (Wildman–Crippen MR) is 265 cm³/mol. The lowest BCUT2D eigenvalue weighted by molar-refractivity contribution is 1.08. The van der Waals surface area contributed by atoms with E-state index in [4.69, 9.17) is 101 Å². The molecule has 22 radical (unpaired) electrons. The summed E-state index contributed by atoms with van der Waals surface area (Å²) in [6, 6.07) is 36.1.